The number of ether oxygens (including phenoxy) is 2. The van der Waals surface area contributed by atoms with Gasteiger partial charge in [0.15, 0.2) is 6.61 Å². The number of aliphatic hydroxyl groups is 1. The number of carboxylic acids is 1. The van der Waals surface area contributed by atoms with Crippen molar-refractivity contribution in [1.82, 2.24) is 5.32 Å². The monoisotopic (exact) mass is 508 g/mol. The summed E-state index contributed by atoms with van der Waals surface area (Å²) in [5, 5.41) is 31.9. The number of carboxylic acid groups (broad SMARTS) is 1. The second kappa shape index (κ2) is 13.7. The lowest BCUT2D eigenvalue weighted by atomic mass is 9.81. The predicted molar refractivity (Wildman–Crippen MR) is 130 cm³/mol. The molecule has 4 N–H and O–H groups in total. The predicted octanol–water partition coefficient (Wildman–Crippen LogP) is 3.24. The van der Waals surface area contributed by atoms with Gasteiger partial charge in [-0.3, -0.25) is 0 Å². The number of hydrogen-bond donors (Lipinski definition) is 4. The first-order valence-electron chi connectivity index (χ1n) is 10.9. The molecule has 0 aromatic heterocycles. The highest BCUT2D eigenvalue weighted by Gasteiger charge is 2.23. The Balaban J connectivity index is 0.00000432. The van der Waals surface area contributed by atoms with Gasteiger partial charge in [-0.15, -0.1) is 4.36 Å². The number of benzene rings is 2. The molecule has 1 atom stereocenters. The van der Waals surface area contributed by atoms with E-state index in [0.29, 0.717) is 24.0 Å². The SMILES string of the molecule is C.O=C(O)COc1ccc(C2CCC(NC[C@H](O)COc3ccc(O)c(N=S(=O)=O)c3)CC2)cc1. The highest BCUT2D eigenvalue weighted by molar-refractivity contribution is 7.61. The van der Waals surface area contributed by atoms with Crippen LogP contribution in [0, 0.1) is 0 Å². The molecular formula is C24H32N2O8S. The molecule has 0 unspecified atom stereocenters. The molecule has 1 aliphatic carbocycles. The zero-order valence-electron chi connectivity index (χ0n) is 18.5. The number of carbonyl (C=O) groups is 1. The van der Waals surface area contributed by atoms with Crippen molar-refractivity contribution in [3.05, 3.63) is 48.0 Å². The van der Waals surface area contributed by atoms with Crippen molar-refractivity contribution >= 4 is 22.2 Å². The van der Waals surface area contributed by atoms with Crippen molar-refractivity contribution in [1.29, 1.82) is 0 Å². The number of hydrogen-bond acceptors (Lipinski definition) is 9. The van der Waals surface area contributed by atoms with Crippen LogP contribution in [0.4, 0.5) is 5.69 Å². The van der Waals surface area contributed by atoms with Gasteiger partial charge in [-0.05, 0) is 61.4 Å². The highest BCUT2D eigenvalue weighted by atomic mass is 32.2. The standard InChI is InChI=1S/C23H28N2O8S.CH4/c26-18(13-32-20-9-10-22(27)21(11-20)25-34(30)31)12-24-17-5-1-15(2-6-17)16-3-7-19(8-4-16)33-14-23(28)29;/h3-4,7-11,15,17-18,24,26-27H,1-2,5-6,12-14H2,(H,28,29);1H4/t15?,17?,18-;/m0./s1. The molecule has 0 spiro atoms. The molecule has 0 heterocycles. The van der Waals surface area contributed by atoms with E-state index in [1.807, 2.05) is 12.1 Å². The Bertz CT molecular complexity index is 1090. The van der Waals surface area contributed by atoms with E-state index in [4.69, 9.17) is 14.6 Å². The van der Waals surface area contributed by atoms with Crippen molar-refractivity contribution in [2.24, 2.45) is 4.36 Å². The van der Waals surface area contributed by atoms with E-state index in [2.05, 4.69) is 9.68 Å². The maximum atomic E-state index is 10.7. The zero-order chi connectivity index (χ0) is 24.5. The fourth-order valence-corrected chi connectivity index (χ4v) is 4.22. The van der Waals surface area contributed by atoms with Gasteiger partial charge in [0.1, 0.15) is 35.6 Å². The Labute approximate surface area is 206 Å². The Hall–Kier alpha value is -3.15. The lowest BCUT2D eigenvalue weighted by molar-refractivity contribution is -0.139. The molecule has 35 heavy (non-hydrogen) atoms. The van der Waals surface area contributed by atoms with Gasteiger partial charge in [0.25, 0.3) is 0 Å². The van der Waals surface area contributed by atoms with Gasteiger partial charge in [0, 0.05) is 18.7 Å². The van der Waals surface area contributed by atoms with Gasteiger partial charge in [0.05, 0.1) is 0 Å². The maximum Gasteiger partial charge on any atom is 0.341 e. The molecule has 3 rings (SSSR count). The van der Waals surface area contributed by atoms with Crippen molar-refractivity contribution in [3.8, 4) is 17.2 Å². The minimum Gasteiger partial charge on any atom is -0.506 e. The second-order valence-electron chi connectivity index (χ2n) is 8.13. The Morgan fingerprint density at radius 1 is 1.06 bits per heavy atom. The Morgan fingerprint density at radius 3 is 2.34 bits per heavy atom. The zero-order valence-corrected chi connectivity index (χ0v) is 19.3. The van der Waals surface area contributed by atoms with Crippen LogP contribution in [0.3, 0.4) is 0 Å². The highest BCUT2D eigenvalue weighted by Crippen LogP contribution is 2.34. The molecule has 1 saturated carbocycles. The van der Waals surface area contributed by atoms with Crippen LogP contribution in [-0.2, 0) is 15.3 Å². The van der Waals surface area contributed by atoms with Gasteiger partial charge >= 0.3 is 16.5 Å². The maximum absolute atomic E-state index is 10.7. The van der Waals surface area contributed by atoms with Gasteiger partial charge in [-0.1, -0.05) is 19.6 Å². The molecule has 0 saturated heterocycles. The van der Waals surface area contributed by atoms with E-state index in [9.17, 15) is 23.4 Å². The molecule has 0 bridgehead atoms. The Kier molecular flexibility index (Phi) is 11.0. The first kappa shape index (κ1) is 28.1. The third-order valence-corrected chi connectivity index (χ3v) is 5.99. The van der Waals surface area contributed by atoms with E-state index in [-0.39, 0.29) is 38.1 Å². The summed E-state index contributed by atoms with van der Waals surface area (Å²) in [7, 11) is -2.70. The van der Waals surface area contributed by atoms with Gasteiger partial charge in [0.2, 0.25) is 0 Å². The van der Waals surface area contributed by atoms with Crippen LogP contribution in [0.2, 0.25) is 0 Å². The van der Waals surface area contributed by atoms with Crippen molar-refractivity contribution in [2.75, 3.05) is 19.8 Å². The number of phenolic OH excluding ortho intramolecular Hbond substituents is 1. The summed E-state index contributed by atoms with van der Waals surface area (Å²) < 4.78 is 35.3. The summed E-state index contributed by atoms with van der Waals surface area (Å²) in [6, 6.07) is 11.9. The molecule has 2 aromatic rings. The summed E-state index contributed by atoms with van der Waals surface area (Å²) in [4.78, 5) is 10.6. The first-order valence-corrected chi connectivity index (χ1v) is 12.0. The van der Waals surface area contributed by atoms with E-state index >= 15 is 0 Å². The molecule has 0 amide bonds. The summed E-state index contributed by atoms with van der Waals surface area (Å²) in [6.07, 6.45) is 3.16. The lowest BCUT2D eigenvalue weighted by Gasteiger charge is -2.30. The van der Waals surface area contributed by atoms with E-state index in [0.717, 1.165) is 25.7 Å². The van der Waals surface area contributed by atoms with Crippen LogP contribution < -0.4 is 14.8 Å². The fraction of sp³-hybridized carbons (Fsp3) is 0.458. The summed E-state index contributed by atoms with van der Waals surface area (Å²) in [6.45, 7) is -0.00345. The molecule has 192 valence electrons. The lowest BCUT2D eigenvalue weighted by Crippen LogP contribution is -2.39. The quantitative estimate of drug-likeness (QED) is 0.358. The third-order valence-electron chi connectivity index (χ3n) is 5.65. The molecule has 2 aromatic carbocycles. The molecule has 1 fully saturated rings. The number of rotatable bonds is 11. The van der Waals surface area contributed by atoms with E-state index < -0.39 is 22.6 Å². The second-order valence-corrected chi connectivity index (χ2v) is 8.75. The van der Waals surface area contributed by atoms with Crippen molar-refractivity contribution in [3.63, 3.8) is 0 Å². The number of aliphatic carboxylic acids is 1. The van der Waals surface area contributed by atoms with Crippen molar-refractivity contribution in [2.45, 2.75) is 51.2 Å². The minimum absolute atomic E-state index is 0. The molecule has 0 radical (unpaired) electrons. The number of aromatic hydroxyl groups is 1. The van der Waals surface area contributed by atoms with E-state index in [1.54, 1.807) is 12.1 Å². The molecule has 1 aliphatic rings. The van der Waals surface area contributed by atoms with Gasteiger partial charge in [-0.25, -0.2) is 4.79 Å². The summed E-state index contributed by atoms with van der Waals surface area (Å²) in [5.41, 5.74) is 1.08. The average Bonchev–Trinajstić information content (AvgIpc) is 2.82. The molecule has 11 heteroatoms. The summed E-state index contributed by atoms with van der Waals surface area (Å²) >= 11 is 0. The normalized spacial score (nSPS) is 18.1. The van der Waals surface area contributed by atoms with Crippen LogP contribution >= 0.6 is 0 Å². The van der Waals surface area contributed by atoms with Gasteiger partial charge < -0.3 is 30.1 Å². The van der Waals surface area contributed by atoms with Crippen LogP contribution in [0.25, 0.3) is 0 Å². The fourth-order valence-electron chi connectivity index (χ4n) is 3.91. The van der Waals surface area contributed by atoms with Crippen molar-refractivity contribution < 1.29 is 38.0 Å². The number of phenols is 1. The number of nitrogens with one attached hydrogen (secondary N) is 1. The van der Waals surface area contributed by atoms with Crippen LogP contribution in [-0.4, -0.2) is 61.6 Å². The number of aliphatic hydroxyl groups excluding tert-OH is 1. The number of nitrogens with zero attached hydrogens (tertiary/aromatic N) is 1. The topological polar surface area (TPSA) is 155 Å². The van der Waals surface area contributed by atoms with E-state index in [1.165, 1.54) is 23.8 Å². The summed E-state index contributed by atoms with van der Waals surface area (Å²) in [5.74, 6) is -0.0298. The third kappa shape index (κ3) is 9.19. The minimum atomic E-state index is -2.70. The molecular weight excluding hydrogens is 476 g/mol. The van der Waals surface area contributed by atoms with Crippen LogP contribution in [0.5, 0.6) is 17.2 Å². The average molecular weight is 509 g/mol. The largest absolute Gasteiger partial charge is 0.506 e. The van der Waals surface area contributed by atoms with Crippen LogP contribution in [0.15, 0.2) is 46.8 Å². The van der Waals surface area contributed by atoms with Gasteiger partial charge in [-0.2, -0.15) is 8.42 Å². The Morgan fingerprint density at radius 2 is 1.71 bits per heavy atom. The molecule has 0 aliphatic heterocycles. The first-order chi connectivity index (χ1) is 16.3. The smallest absolute Gasteiger partial charge is 0.341 e. The van der Waals surface area contributed by atoms with Crippen LogP contribution in [0.1, 0.15) is 44.6 Å². The molecule has 10 nitrogen and oxygen atoms in total.